The lowest BCUT2D eigenvalue weighted by molar-refractivity contribution is -0.149. The van der Waals surface area contributed by atoms with Gasteiger partial charge in [-0.2, -0.15) is 0 Å². The number of likely N-dealkylation sites (N-methyl/N-ethyl adjacent to an activating group) is 1. The number of carboxylic acids is 1. The molecular formula is C9H20N2O2. The molecule has 0 aromatic rings. The maximum atomic E-state index is 11.0. The van der Waals surface area contributed by atoms with Crippen LogP contribution in [0, 0.1) is 0 Å². The molecule has 0 amide bonds. The zero-order valence-electron chi connectivity index (χ0n) is 8.71. The first-order valence-corrected chi connectivity index (χ1v) is 4.56. The van der Waals surface area contributed by atoms with Gasteiger partial charge in [0, 0.05) is 0 Å². The number of nitrogens with zero attached hydrogens (tertiary/aromatic N) is 1. The lowest BCUT2D eigenvalue weighted by Gasteiger charge is -2.32. The van der Waals surface area contributed by atoms with Crippen LogP contribution in [0.1, 0.15) is 26.2 Å². The van der Waals surface area contributed by atoms with Crippen molar-refractivity contribution in [2.24, 2.45) is 5.73 Å². The fraction of sp³-hybridized carbons (Fsp3) is 0.889. The molecule has 0 aliphatic rings. The lowest BCUT2D eigenvalue weighted by Crippen LogP contribution is -2.48. The molecule has 0 aromatic heterocycles. The first-order chi connectivity index (χ1) is 5.95. The van der Waals surface area contributed by atoms with Crippen molar-refractivity contribution in [3.8, 4) is 0 Å². The minimum Gasteiger partial charge on any atom is -0.480 e. The van der Waals surface area contributed by atoms with Crippen LogP contribution in [0.5, 0.6) is 0 Å². The van der Waals surface area contributed by atoms with E-state index in [0.29, 0.717) is 13.0 Å². The Hall–Kier alpha value is -0.610. The monoisotopic (exact) mass is 188 g/mol. The molecule has 1 atom stereocenters. The van der Waals surface area contributed by atoms with Gasteiger partial charge in [0.2, 0.25) is 0 Å². The van der Waals surface area contributed by atoms with E-state index in [1.165, 1.54) is 0 Å². The molecule has 4 heteroatoms. The Bertz CT molecular complexity index is 171. The van der Waals surface area contributed by atoms with Crippen molar-refractivity contribution in [3.63, 3.8) is 0 Å². The van der Waals surface area contributed by atoms with E-state index in [1.807, 2.05) is 0 Å². The summed E-state index contributed by atoms with van der Waals surface area (Å²) in [7, 11) is 3.58. The Balaban J connectivity index is 4.17. The Morgan fingerprint density at radius 1 is 1.46 bits per heavy atom. The Morgan fingerprint density at radius 2 is 2.00 bits per heavy atom. The molecule has 0 heterocycles. The molecule has 0 aliphatic carbocycles. The number of rotatable bonds is 6. The van der Waals surface area contributed by atoms with Gasteiger partial charge in [0.25, 0.3) is 0 Å². The third kappa shape index (κ3) is 3.32. The largest absolute Gasteiger partial charge is 0.480 e. The molecule has 0 radical (unpaired) electrons. The van der Waals surface area contributed by atoms with Crippen molar-refractivity contribution in [2.45, 2.75) is 31.7 Å². The van der Waals surface area contributed by atoms with E-state index in [4.69, 9.17) is 10.8 Å². The number of hydrogen-bond acceptors (Lipinski definition) is 3. The Morgan fingerprint density at radius 3 is 2.31 bits per heavy atom. The molecule has 0 aromatic carbocycles. The van der Waals surface area contributed by atoms with Gasteiger partial charge in [0.1, 0.15) is 5.54 Å². The van der Waals surface area contributed by atoms with Crippen LogP contribution in [0.4, 0.5) is 0 Å². The predicted molar refractivity (Wildman–Crippen MR) is 52.6 cm³/mol. The third-order valence-corrected chi connectivity index (χ3v) is 2.57. The minimum absolute atomic E-state index is 0.628. The van der Waals surface area contributed by atoms with E-state index in [1.54, 1.807) is 25.9 Å². The normalized spacial score (nSPS) is 15.8. The molecule has 0 rings (SSSR count). The second-order valence-electron chi connectivity index (χ2n) is 3.72. The SMILES string of the molecule is CN(C)[C@](C)(CCCCN)C(=O)O. The average Bonchev–Trinajstić information content (AvgIpc) is 2.03. The minimum atomic E-state index is -0.769. The van der Waals surface area contributed by atoms with Gasteiger partial charge in [-0.15, -0.1) is 0 Å². The van der Waals surface area contributed by atoms with Gasteiger partial charge in [0.15, 0.2) is 0 Å². The number of hydrogen-bond donors (Lipinski definition) is 2. The highest BCUT2D eigenvalue weighted by Crippen LogP contribution is 2.19. The van der Waals surface area contributed by atoms with Crippen LogP contribution in [0.25, 0.3) is 0 Å². The standard InChI is InChI=1S/C9H20N2O2/c1-9(8(12)13,11(2)3)6-4-5-7-10/h4-7,10H2,1-3H3,(H,12,13)/t9-/m1/s1. The number of nitrogens with two attached hydrogens (primary N) is 1. The van der Waals surface area contributed by atoms with E-state index >= 15 is 0 Å². The summed E-state index contributed by atoms with van der Waals surface area (Å²) in [6.45, 7) is 2.37. The zero-order chi connectivity index (χ0) is 10.5. The predicted octanol–water partition coefficient (Wildman–Crippen LogP) is 0.520. The molecule has 0 spiro atoms. The van der Waals surface area contributed by atoms with Gasteiger partial charge in [0.05, 0.1) is 0 Å². The maximum Gasteiger partial charge on any atom is 0.323 e. The summed E-state index contributed by atoms with van der Waals surface area (Å²) in [6.07, 6.45) is 2.39. The topological polar surface area (TPSA) is 66.6 Å². The molecule has 13 heavy (non-hydrogen) atoms. The molecule has 78 valence electrons. The molecule has 0 fully saturated rings. The molecule has 0 aliphatic heterocycles. The highest BCUT2D eigenvalue weighted by Gasteiger charge is 2.34. The highest BCUT2D eigenvalue weighted by molar-refractivity contribution is 5.78. The molecule has 0 unspecified atom stereocenters. The maximum absolute atomic E-state index is 11.0. The van der Waals surface area contributed by atoms with Crippen molar-refractivity contribution >= 4 is 5.97 Å². The molecule has 3 N–H and O–H groups in total. The van der Waals surface area contributed by atoms with Crippen LogP contribution < -0.4 is 5.73 Å². The first-order valence-electron chi connectivity index (χ1n) is 4.56. The smallest absolute Gasteiger partial charge is 0.323 e. The van der Waals surface area contributed by atoms with Crippen LogP contribution in [0.15, 0.2) is 0 Å². The third-order valence-electron chi connectivity index (χ3n) is 2.57. The van der Waals surface area contributed by atoms with Crippen LogP contribution in [0.3, 0.4) is 0 Å². The summed E-state index contributed by atoms with van der Waals surface area (Å²) in [5.41, 5.74) is 4.59. The van der Waals surface area contributed by atoms with Crippen molar-refractivity contribution in [1.82, 2.24) is 4.90 Å². The van der Waals surface area contributed by atoms with E-state index in [9.17, 15) is 4.79 Å². The van der Waals surface area contributed by atoms with Gasteiger partial charge in [-0.25, -0.2) is 0 Å². The summed E-state index contributed by atoms with van der Waals surface area (Å²) in [4.78, 5) is 12.7. The van der Waals surface area contributed by atoms with Crippen molar-refractivity contribution in [3.05, 3.63) is 0 Å². The van der Waals surface area contributed by atoms with Crippen LogP contribution in [-0.2, 0) is 4.79 Å². The second kappa shape index (κ2) is 5.19. The fourth-order valence-electron chi connectivity index (χ4n) is 1.14. The lowest BCUT2D eigenvalue weighted by atomic mass is 9.94. The Kier molecular flexibility index (Phi) is 4.95. The Labute approximate surface area is 79.7 Å². The summed E-state index contributed by atoms with van der Waals surface area (Å²) in [5.74, 6) is -0.769. The second-order valence-corrected chi connectivity index (χ2v) is 3.72. The van der Waals surface area contributed by atoms with Gasteiger partial charge in [-0.1, -0.05) is 0 Å². The highest BCUT2D eigenvalue weighted by atomic mass is 16.4. The summed E-state index contributed by atoms with van der Waals surface area (Å²) < 4.78 is 0. The van der Waals surface area contributed by atoms with Crippen molar-refractivity contribution in [1.29, 1.82) is 0 Å². The zero-order valence-corrected chi connectivity index (χ0v) is 8.71. The quantitative estimate of drug-likeness (QED) is 0.596. The number of aliphatic carboxylic acids is 1. The van der Waals surface area contributed by atoms with E-state index in [-0.39, 0.29) is 0 Å². The molecule has 0 bridgehead atoms. The first kappa shape index (κ1) is 12.4. The number of carboxylic acid groups (broad SMARTS) is 1. The van der Waals surface area contributed by atoms with E-state index in [2.05, 4.69) is 0 Å². The number of carbonyl (C=O) groups is 1. The van der Waals surface area contributed by atoms with Crippen LogP contribution in [-0.4, -0.2) is 42.2 Å². The van der Waals surface area contributed by atoms with Gasteiger partial charge in [-0.05, 0) is 46.8 Å². The summed E-state index contributed by atoms with van der Waals surface area (Å²) in [6, 6.07) is 0. The number of unbranched alkanes of at least 4 members (excludes halogenated alkanes) is 1. The van der Waals surface area contributed by atoms with Crippen molar-refractivity contribution in [2.75, 3.05) is 20.6 Å². The molecule has 0 saturated carbocycles. The van der Waals surface area contributed by atoms with E-state index in [0.717, 1.165) is 12.8 Å². The molecular weight excluding hydrogens is 168 g/mol. The van der Waals surface area contributed by atoms with Gasteiger partial charge < -0.3 is 10.8 Å². The van der Waals surface area contributed by atoms with Crippen molar-refractivity contribution < 1.29 is 9.90 Å². The average molecular weight is 188 g/mol. The van der Waals surface area contributed by atoms with Gasteiger partial charge in [-0.3, -0.25) is 9.69 Å². The molecule has 0 saturated heterocycles. The summed E-state index contributed by atoms with van der Waals surface area (Å²) in [5, 5.41) is 9.03. The fourth-order valence-corrected chi connectivity index (χ4v) is 1.14. The van der Waals surface area contributed by atoms with Gasteiger partial charge >= 0.3 is 5.97 Å². The van der Waals surface area contributed by atoms with Crippen LogP contribution in [0.2, 0.25) is 0 Å². The van der Waals surface area contributed by atoms with E-state index < -0.39 is 11.5 Å². The molecule has 4 nitrogen and oxygen atoms in total. The van der Waals surface area contributed by atoms with Crippen LogP contribution >= 0.6 is 0 Å². The summed E-state index contributed by atoms with van der Waals surface area (Å²) >= 11 is 0.